The van der Waals surface area contributed by atoms with E-state index in [-0.39, 0.29) is 24.7 Å². The van der Waals surface area contributed by atoms with Gasteiger partial charge in [0, 0.05) is 11.4 Å². The number of esters is 1. The molecule has 0 spiro atoms. The molecule has 0 aromatic carbocycles. The van der Waals surface area contributed by atoms with E-state index in [0.29, 0.717) is 0 Å². The highest BCUT2D eigenvalue weighted by atomic mass is 19.1. The lowest BCUT2D eigenvalue weighted by molar-refractivity contribution is 0.0507. The van der Waals surface area contributed by atoms with E-state index in [0.717, 1.165) is 17.0 Å². The average molecular weight is 305 g/mol. The number of rotatable bonds is 5. The predicted octanol–water partition coefficient (Wildman–Crippen LogP) is 3.18. The Morgan fingerprint density at radius 2 is 1.95 bits per heavy atom. The van der Waals surface area contributed by atoms with E-state index in [4.69, 9.17) is 4.74 Å². The summed E-state index contributed by atoms with van der Waals surface area (Å²) >= 11 is 0. The number of nitrogens with zero attached hydrogens (tertiary/aromatic N) is 3. The Bertz CT molecular complexity index is 709. The van der Waals surface area contributed by atoms with Gasteiger partial charge in [-0.2, -0.15) is 5.10 Å². The molecule has 6 heteroatoms. The molecule has 0 aliphatic heterocycles. The van der Waals surface area contributed by atoms with Gasteiger partial charge in [0.05, 0.1) is 13.2 Å². The van der Waals surface area contributed by atoms with Crippen LogP contribution < -0.4 is 0 Å². The van der Waals surface area contributed by atoms with Gasteiger partial charge in [-0.25, -0.2) is 13.9 Å². The summed E-state index contributed by atoms with van der Waals surface area (Å²) in [6.45, 7) is 11.4. The monoisotopic (exact) mass is 305 g/mol. The van der Waals surface area contributed by atoms with E-state index in [1.165, 1.54) is 4.68 Å². The Labute approximate surface area is 129 Å². The summed E-state index contributed by atoms with van der Waals surface area (Å²) < 4.78 is 22.7. The van der Waals surface area contributed by atoms with Crippen molar-refractivity contribution in [3.63, 3.8) is 0 Å². The van der Waals surface area contributed by atoms with Crippen molar-refractivity contribution < 1.29 is 13.9 Å². The second-order valence-corrected chi connectivity index (χ2v) is 5.27. The van der Waals surface area contributed by atoms with Crippen LogP contribution in [0.3, 0.4) is 0 Å². The Morgan fingerprint density at radius 3 is 2.45 bits per heavy atom. The number of ether oxygens (including phenoxy) is 1. The molecule has 2 aromatic rings. The fourth-order valence-corrected chi connectivity index (χ4v) is 2.34. The molecule has 0 saturated carbocycles. The predicted molar refractivity (Wildman–Crippen MR) is 81.8 cm³/mol. The Balaban J connectivity index is 2.62. The van der Waals surface area contributed by atoms with Gasteiger partial charge in [0.15, 0.2) is 11.5 Å². The summed E-state index contributed by atoms with van der Waals surface area (Å²) in [5.41, 5.74) is 2.27. The summed E-state index contributed by atoms with van der Waals surface area (Å²) in [4.78, 5) is 12.1. The first-order chi connectivity index (χ1) is 10.4. The summed E-state index contributed by atoms with van der Waals surface area (Å²) in [6, 6.07) is 3.74. The maximum absolute atomic E-state index is 14.8. The van der Waals surface area contributed by atoms with Crippen LogP contribution in [0.1, 0.15) is 35.7 Å². The number of carbonyl (C=O) groups is 1. The third-order valence-electron chi connectivity index (χ3n) is 3.25. The van der Waals surface area contributed by atoms with Crippen LogP contribution >= 0.6 is 0 Å². The maximum atomic E-state index is 14.8. The third kappa shape index (κ3) is 2.81. The largest absolute Gasteiger partial charge is 0.461 e. The first-order valence-corrected chi connectivity index (χ1v) is 7.10. The number of aryl methyl sites for hydroxylation is 2. The first-order valence-electron chi connectivity index (χ1n) is 7.10. The molecule has 0 saturated heterocycles. The van der Waals surface area contributed by atoms with E-state index in [1.807, 2.05) is 26.0 Å². The maximum Gasteiger partial charge on any atom is 0.359 e. The summed E-state index contributed by atoms with van der Waals surface area (Å²) in [7, 11) is 0. The first kappa shape index (κ1) is 16.0. The Hall–Kier alpha value is -2.37. The van der Waals surface area contributed by atoms with Gasteiger partial charge in [-0.1, -0.05) is 12.2 Å². The van der Waals surface area contributed by atoms with Crippen LogP contribution in [0.5, 0.6) is 0 Å². The molecule has 0 radical (unpaired) electrons. The second kappa shape index (κ2) is 6.17. The van der Waals surface area contributed by atoms with Crippen LogP contribution in [0, 0.1) is 19.7 Å². The number of hydrogen-bond donors (Lipinski definition) is 0. The van der Waals surface area contributed by atoms with Gasteiger partial charge in [0.1, 0.15) is 0 Å². The van der Waals surface area contributed by atoms with Gasteiger partial charge >= 0.3 is 5.97 Å². The molecule has 0 fully saturated rings. The third-order valence-corrected chi connectivity index (χ3v) is 3.25. The molecule has 0 N–H and O–H groups in total. The highest BCUT2D eigenvalue weighted by Gasteiger charge is 2.27. The number of halogens is 1. The highest BCUT2D eigenvalue weighted by molar-refractivity contribution is 5.88. The molecule has 0 aliphatic rings. The topological polar surface area (TPSA) is 49.0 Å². The van der Waals surface area contributed by atoms with Gasteiger partial charge in [-0.15, -0.1) is 0 Å². The van der Waals surface area contributed by atoms with Crippen LogP contribution in [0.15, 0.2) is 24.3 Å². The second-order valence-electron chi connectivity index (χ2n) is 5.27. The van der Waals surface area contributed by atoms with Crippen LogP contribution in [-0.2, 0) is 11.3 Å². The number of carbonyl (C=O) groups excluding carboxylic acids is 1. The molecule has 118 valence electrons. The molecule has 2 aromatic heterocycles. The number of allylic oxidation sites excluding steroid dienone is 1. The minimum atomic E-state index is -0.720. The quantitative estimate of drug-likeness (QED) is 0.629. The average Bonchev–Trinajstić information content (AvgIpc) is 2.90. The summed E-state index contributed by atoms with van der Waals surface area (Å²) in [5.74, 6) is -1.30. The zero-order chi connectivity index (χ0) is 16.4. The number of aromatic nitrogens is 3. The lowest BCUT2D eigenvalue weighted by Gasteiger charge is -2.05. The van der Waals surface area contributed by atoms with Gasteiger partial charge in [-0.3, -0.25) is 4.57 Å². The highest BCUT2D eigenvalue weighted by Crippen LogP contribution is 2.22. The van der Waals surface area contributed by atoms with Crippen LogP contribution in [0.25, 0.3) is 5.82 Å². The molecule has 2 heterocycles. The van der Waals surface area contributed by atoms with Crippen molar-refractivity contribution in [2.75, 3.05) is 6.61 Å². The lowest BCUT2D eigenvalue weighted by Crippen LogP contribution is -2.15. The molecule has 0 atom stereocenters. The van der Waals surface area contributed by atoms with Crippen LogP contribution in [0.4, 0.5) is 4.39 Å². The van der Waals surface area contributed by atoms with Crippen molar-refractivity contribution in [1.29, 1.82) is 0 Å². The van der Waals surface area contributed by atoms with E-state index >= 15 is 0 Å². The molecule has 22 heavy (non-hydrogen) atoms. The van der Waals surface area contributed by atoms with Crippen molar-refractivity contribution in [3.8, 4) is 5.82 Å². The molecule has 0 amide bonds. The summed E-state index contributed by atoms with van der Waals surface area (Å²) in [6.07, 6.45) is 0. The molecule has 0 aliphatic carbocycles. The Kier molecular flexibility index (Phi) is 4.49. The summed E-state index contributed by atoms with van der Waals surface area (Å²) in [5, 5.41) is 4.26. The van der Waals surface area contributed by atoms with Gasteiger partial charge in [0.25, 0.3) is 0 Å². The van der Waals surface area contributed by atoms with Crippen LogP contribution in [-0.4, -0.2) is 26.9 Å². The zero-order valence-corrected chi connectivity index (χ0v) is 13.3. The van der Waals surface area contributed by atoms with E-state index < -0.39 is 11.8 Å². The fourth-order valence-electron chi connectivity index (χ4n) is 2.34. The van der Waals surface area contributed by atoms with Gasteiger partial charge in [0.2, 0.25) is 5.82 Å². The standard InChI is InChI=1S/C16H20FN3O2/c1-6-22-16(21)14-13(17)15(18-19(14)9-10(2)3)20-11(4)7-8-12(20)5/h7-8H,2,6,9H2,1,3-5H3. The van der Waals surface area contributed by atoms with E-state index in [9.17, 15) is 9.18 Å². The minimum Gasteiger partial charge on any atom is -0.461 e. The Morgan fingerprint density at radius 1 is 1.36 bits per heavy atom. The minimum absolute atomic E-state index is 0.101. The fraction of sp³-hybridized carbons (Fsp3) is 0.375. The molecule has 5 nitrogen and oxygen atoms in total. The van der Waals surface area contributed by atoms with Crippen molar-refractivity contribution in [2.24, 2.45) is 0 Å². The molecular weight excluding hydrogens is 285 g/mol. The van der Waals surface area contributed by atoms with E-state index in [1.54, 1.807) is 18.4 Å². The zero-order valence-electron chi connectivity index (χ0n) is 13.3. The molecular formula is C16H20FN3O2. The van der Waals surface area contributed by atoms with Gasteiger partial charge < -0.3 is 4.74 Å². The van der Waals surface area contributed by atoms with Crippen molar-refractivity contribution in [3.05, 3.63) is 47.2 Å². The number of hydrogen-bond acceptors (Lipinski definition) is 3. The van der Waals surface area contributed by atoms with Gasteiger partial charge in [-0.05, 0) is 39.8 Å². The van der Waals surface area contributed by atoms with Crippen molar-refractivity contribution >= 4 is 5.97 Å². The normalized spacial score (nSPS) is 10.8. The van der Waals surface area contributed by atoms with Crippen molar-refractivity contribution in [1.82, 2.24) is 14.3 Å². The molecule has 0 bridgehead atoms. The smallest absolute Gasteiger partial charge is 0.359 e. The lowest BCUT2D eigenvalue weighted by atomic mass is 10.3. The van der Waals surface area contributed by atoms with E-state index in [2.05, 4.69) is 11.7 Å². The molecule has 0 unspecified atom stereocenters. The molecule has 2 rings (SSSR count). The van der Waals surface area contributed by atoms with Crippen molar-refractivity contribution in [2.45, 2.75) is 34.2 Å². The van der Waals surface area contributed by atoms with Crippen LogP contribution in [0.2, 0.25) is 0 Å². The SMILES string of the molecule is C=C(C)Cn1nc(-n2c(C)ccc2C)c(F)c1C(=O)OCC.